The van der Waals surface area contributed by atoms with Crippen molar-refractivity contribution in [1.82, 2.24) is 0 Å². The van der Waals surface area contributed by atoms with Crippen LogP contribution >= 0.6 is 0 Å². The van der Waals surface area contributed by atoms with Crippen LogP contribution in [0, 0.1) is 37.7 Å². The number of nitro groups is 2. The van der Waals surface area contributed by atoms with E-state index >= 15 is 0 Å². The summed E-state index contributed by atoms with van der Waals surface area (Å²) in [6, 6.07) is 1.15. The number of ether oxygens (including phenoxy) is 1. The second-order valence-corrected chi connectivity index (χ2v) is 5.38. The van der Waals surface area contributed by atoms with Crippen molar-refractivity contribution in [3.05, 3.63) is 60.9 Å². The van der Waals surface area contributed by atoms with Gasteiger partial charge in [-0.15, -0.1) is 0 Å². The number of esters is 1. The van der Waals surface area contributed by atoms with Gasteiger partial charge >= 0.3 is 11.9 Å². The average molecular weight is 447 g/mol. The molecule has 0 fully saturated rings. The van der Waals surface area contributed by atoms with E-state index in [-0.39, 0.29) is 0 Å². The van der Waals surface area contributed by atoms with Gasteiger partial charge in [-0.2, -0.15) is 0 Å². The predicted molar refractivity (Wildman–Crippen MR) is 97.6 cm³/mol. The Morgan fingerprint density at radius 2 is 1.29 bits per heavy atom. The molecule has 13 nitrogen and oxygen atoms in total. The van der Waals surface area contributed by atoms with Gasteiger partial charge in [0.05, 0.1) is 28.2 Å². The fourth-order valence-electron chi connectivity index (χ4n) is 2.03. The number of carboxylic acids is 1. The van der Waals surface area contributed by atoms with Gasteiger partial charge in [-0.25, -0.2) is 22.8 Å². The molecule has 16 heteroatoms. The topological polar surface area (TPSA) is 228 Å². The third kappa shape index (κ3) is 4.86. The van der Waals surface area contributed by atoms with E-state index in [2.05, 4.69) is 4.74 Å². The van der Waals surface area contributed by atoms with Crippen LogP contribution in [0.3, 0.4) is 0 Å². The van der Waals surface area contributed by atoms with Gasteiger partial charge in [0.25, 0.3) is 11.4 Å². The minimum atomic E-state index is -1.81. The molecule has 2 rings (SSSR count). The van der Waals surface area contributed by atoms with Gasteiger partial charge in [0.1, 0.15) is 16.9 Å². The second kappa shape index (κ2) is 9.25. The molecule has 7 N–H and O–H groups in total. The van der Waals surface area contributed by atoms with Gasteiger partial charge in [-0.3, -0.25) is 20.2 Å². The van der Waals surface area contributed by atoms with Crippen LogP contribution in [0.2, 0.25) is 0 Å². The number of carboxylic acid groups (broad SMARTS) is 1. The zero-order valence-corrected chi connectivity index (χ0v) is 15.2. The van der Waals surface area contributed by atoms with Crippen molar-refractivity contribution in [3.63, 3.8) is 0 Å². The van der Waals surface area contributed by atoms with E-state index in [1.54, 1.807) is 0 Å². The SMILES string of the molecule is COC(=O)c1cc([N+](=O)[O-])c(N)c(F)c1N.Nc1c([N+](=O)[O-])cc(C(=O)O)c(F)c1F. The van der Waals surface area contributed by atoms with Crippen LogP contribution in [-0.4, -0.2) is 34.0 Å². The molecule has 0 aliphatic heterocycles. The van der Waals surface area contributed by atoms with Crippen molar-refractivity contribution < 1.29 is 42.5 Å². The monoisotopic (exact) mass is 447 g/mol. The summed E-state index contributed by atoms with van der Waals surface area (Å²) >= 11 is 0. The largest absolute Gasteiger partial charge is 0.478 e. The van der Waals surface area contributed by atoms with Crippen molar-refractivity contribution >= 4 is 40.4 Å². The number of methoxy groups -OCH3 is 1. The average Bonchev–Trinajstić information content (AvgIpc) is 2.69. The summed E-state index contributed by atoms with van der Waals surface area (Å²) in [7, 11) is 1.04. The molecule has 0 radical (unpaired) electrons. The van der Waals surface area contributed by atoms with Gasteiger partial charge in [0, 0.05) is 12.1 Å². The first-order valence-electron chi connectivity index (χ1n) is 7.51. The van der Waals surface area contributed by atoms with Gasteiger partial charge in [0.2, 0.25) is 0 Å². The summed E-state index contributed by atoms with van der Waals surface area (Å²) in [4.78, 5) is 40.3. The van der Waals surface area contributed by atoms with E-state index in [0.29, 0.717) is 6.07 Å². The summed E-state index contributed by atoms with van der Waals surface area (Å²) in [6.45, 7) is 0. The Balaban J connectivity index is 0.000000311. The molecule has 0 aliphatic rings. The molecule has 0 aliphatic carbocycles. The highest BCUT2D eigenvalue weighted by Gasteiger charge is 2.26. The van der Waals surface area contributed by atoms with Crippen molar-refractivity contribution in [1.29, 1.82) is 0 Å². The molecule has 166 valence electrons. The number of hydrogen-bond donors (Lipinski definition) is 4. The molecule has 2 aromatic carbocycles. The highest BCUT2D eigenvalue weighted by Crippen LogP contribution is 2.32. The Morgan fingerprint density at radius 3 is 1.68 bits per heavy atom. The van der Waals surface area contributed by atoms with E-state index in [9.17, 15) is 43.0 Å². The van der Waals surface area contributed by atoms with Crippen LogP contribution in [0.5, 0.6) is 0 Å². The first-order chi connectivity index (χ1) is 14.3. The van der Waals surface area contributed by atoms with Crippen molar-refractivity contribution in [3.8, 4) is 0 Å². The number of benzene rings is 2. The summed E-state index contributed by atoms with van der Waals surface area (Å²) in [5.74, 6) is -7.43. The lowest BCUT2D eigenvalue weighted by Crippen LogP contribution is -2.11. The van der Waals surface area contributed by atoms with E-state index in [4.69, 9.17) is 22.3 Å². The number of nitro benzene ring substituents is 2. The second-order valence-electron chi connectivity index (χ2n) is 5.38. The minimum Gasteiger partial charge on any atom is -0.478 e. The molecule has 0 spiro atoms. The van der Waals surface area contributed by atoms with Crippen LogP contribution in [0.4, 0.5) is 41.6 Å². The number of rotatable bonds is 4. The van der Waals surface area contributed by atoms with Crippen molar-refractivity contribution in [2.24, 2.45) is 0 Å². The number of carbonyl (C=O) groups excluding carboxylic acids is 1. The highest BCUT2D eigenvalue weighted by molar-refractivity contribution is 5.97. The highest BCUT2D eigenvalue weighted by atomic mass is 19.2. The number of nitrogens with two attached hydrogens (primary N) is 3. The third-order valence-electron chi connectivity index (χ3n) is 3.57. The van der Waals surface area contributed by atoms with Crippen LogP contribution < -0.4 is 17.2 Å². The first-order valence-corrected chi connectivity index (χ1v) is 7.51. The van der Waals surface area contributed by atoms with Gasteiger partial charge < -0.3 is 27.0 Å². The molecule has 31 heavy (non-hydrogen) atoms. The lowest BCUT2D eigenvalue weighted by Gasteiger charge is -2.07. The predicted octanol–water partition coefficient (Wildman–Crippen LogP) is 1.84. The molecule has 2 aromatic rings. The van der Waals surface area contributed by atoms with Crippen LogP contribution in [0.25, 0.3) is 0 Å². The van der Waals surface area contributed by atoms with Crippen LogP contribution in [-0.2, 0) is 4.74 Å². The molecule has 0 saturated heterocycles. The Morgan fingerprint density at radius 1 is 0.871 bits per heavy atom. The summed E-state index contributed by atoms with van der Waals surface area (Å²) in [5, 5.41) is 29.2. The molecule has 0 bridgehead atoms. The lowest BCUT2D eigenvalue weighted by molar-refractivity contribution is -0.384. The summed E-state index contributed by atoms with van der Waals surface area (Å²) in [6.07, 6.45) is 0. The fourth-order valence-corrected chi connectivity index (χ4v) is 2.03. The molecular weight excluding hydrogens is 435 g/mol. The minimum absolute atomic E-state index is 0.371. The maximum Gasteiger partial charge on any atom is 0.340 e. The maximum atomic E-state index is 13.3. The summed E-state index contributed by atoms with van der Waals surface area (Å²) < 4.78 is 43.4. The van der Waals surface area contributed by atoms with Crippen molar-refractivity contribution in [2.75, 3.05) is 24.3 Å². The number of anilines is 3. The number of halogens is 3. The number of aromatic carboxylic acids is 1. The zero-order valence-electron chi connectivity index (χ0n) is 15.2. The smallest absolute Gasteiger partial charge is 0.340 e. The molecule has 0 heterocycles. The number of hydrogen-bond acceptors (Lipinski definition) is 10. The number of nitrogens with zero attached hydrogens (tertiary/aromatic N) is 2. The summed E-state index contributed by atoms with van der Waals surface area (Å²) in [5.41, 5.74) is 9.72. The molecular formula is C15H12F3N5O8. The van der Waals surface area contributed by atoms with Crippen LogP contribution in [0.15, 0.2) is 12.1 Å². The van der Waals surface area contributed by atoms with Gasteiger partial charge in [-0.1, -0.05) is 0 Å². The van der Waals surface area contributed by atoms with E-state index in [1.165, 1.54) is 0 Å². The van der Waals surface area contributed by atoms with E-state index in [1.807, 2.05) is 0 Å². The quantitative estimate of drug-likeness (QED) is 0.229. The Kier molecular flexibility index (Phi) is 7.28. The fraction of sp³-hybridized carbons (Fsp3) is 0.0667. The Hall–Kier alpha value is -4.63. The standard InChI is InChI=1S/C8H8FN3O4.C7H4F2N2O4/c1-16-8(13)3-2-4(12(14)15)7(11)5(9)6(3)10;8-4-2(7(12)13)1-3(11(14)15)6(10)5(4)9/h2H,10-11H2,1H3;1H,10H2,(H,12,13). The van der Waals surface area contributed by atoms with Gasteiger partial charge in [-0.05, 0) is 0 Å². The molecule has 0 aromatic heterocycles. The maximum absolute atomic E-state index is 13.3. The molecule has 0 saturated carbocycles. The van der Waals surface area contributed by atoms with Gasteiger partial charge in [0.15, 0.2) is 17.5 Å². The van der Waals surface area contributed by atoms with E-state index < -0.39 is 78.8 Å². The lowest BCUT2D eigenvalue weighted by atomic mass is 10.1. The van der Waals surface area contributed by atoms with E-state index in [0.717, 1.165) is 13.2 Å². The zero-order chi connectivity index (χ0) is 24.2. The van der Waals surface area contributed by atoms with Crippen LogP contribution in [0.1, 0.15) is 20.7 Å². The number of carbonyl (C=O) groups is 2. The molecule has 0 amide bonds. The first kappa shape index (κ1) is 24.4. The number of nitrogen functional groups attached to an aromatic ring is 3. The Bertz CT molecular complexity index is 1070. The Labute approximate surface area is 169 Å². The van der Waals surface area contributed by atoms with Crippen molar-refractivity contribution in [2.45, 2.75) is 0 Å². The normalized spacial score (nSPS) is 9.94. The molecule has 0 unspecified atom stereocenters. The third-order valence-corrected chi connectivity index (χ3v) is 3.57. The molecule has 0 atom stereocenters.